The molecule has 2 heterocycles. The van der Waals surface area contributed by atoms with Gasteiger partial charge in [0.25, 0.3) is 0 Å². The second-order valence-electron chi connectivity index (χ2n) is 3.43. The minimum Gasteiger partial charge on any atom is -0.308 e. The highest BCUT2D eigenvalue weighted by atomic mass is 19.4. The lowest BCUT2D eigenvalue weighted by atomic mass is 10.3. The van der Waals surface area contributed by atoms with E-state index in [0.717, 1.165) is 10.6 Å². The van der Waals surface area contributed by atoms with Crippen LogP contribution in [-0.4, -0.2) is 14.6 Å². The first-order chi connectivity index (χ1) is 7.95. The zero-order valence-corrected chi connectivity index (χ0v) is 8.91. The van der Waals surface area contributed by atoms with E-state index in [1.165, 1.54) is 0 Å². The highest BCUT2D eigenvalue weighted by molar-refractivity contribution is 5.50. The number of hydrogen-bond acceptors (Lipinski definition) is 4. The van der Waals surface area contributed by atoms with Gasteiger partial charge in [-0.05, 0) is 6.42 Å². The minimum atomic E-state index is -4.49. The predicted octanol–water partition coefficient (Wildman–Crippen LogP) is 1.60. The minimum absolute atomic E-state index is 0.115. The number of nitrogens with one attached hydrogen (secondary N) is 1. The average molecular weight is 245 g/mol. The molecule has 0 bridgehead atoms. The van der Waals surface area contributed by atoms with Crippen LogP contribution in [0.15, 0.2) is 12.1 Å². The maximum Gasteiger partial charge on any atom is 0.435 e. The van der Waals surface area contributed by atoms with Crippen molar-refractivity contribution in [2.75, 3.05) is 5.43 Å². The van der Waals surface area contributed by atoms with Gasteiger partial charge >= 0.3 is 6.18 Å². The zero-order valence-electron chi connectivity index (χ0n) is 8.91. The van der Waals surface area contributed by atoms with Crippen LogP contribution in [0.2, 0.25) is 0 Å². The Morgan fingerprint density at radius 1 is 1.41 bits per heavy atom. The molecule has 0 saturated heterocycles. The normalized spacial score (nSPS) is 12.1. The van der Waals surface area contributed by atoms with E-state index in [9.17, 15) is 13.2 Å². The van der Waals surface area contributed by atoms with E-state index in [4.69, 9.17) is 5.84 Å². The maximum absolute atomic E-state index is 12.5. The fraction of sp³-hybridized carbons (Fsp3) is 0.333. The summed E-state index contributed by atoms with van der Waals surface area (Å²) in [5.41, 5.74) is 2.07. The van der Waals surface area contributed by atoms with Gasteiger partial charge in [0.1, 0.15) is 5.82 Å². The highest BCUT2D eigenvalue weighted by Crippen LogP contribution is 2.29. The molecule has 2 rings (SSSR count). The summed E-state index contributed by atoms with van der Waals surface area (Å²) in [6.07, 6.45) is -3.90. The molecule has 0 aliphatic carbocycles. The number of halogens is 3. The fourth-order valence-corrected chi connectivity index (χ4v) is 1.45. The van der Waals surface area contributed by atoms with Gasteiger partial charge in [0.15, 0.2) is 11.3 Å². The first-order valence-electron chi connectivity index (χ1n) is 4.89. The van der Waals surface area contributed by atoms with Crippen molar-refractivity contribution in [1.82, 2.24) is 14.6 Å². The van der Waals surface area contributed by atoms with Crippen molar-refractivity contribution in [2.24, 2.45) is 5.84 Å². The van der Waals surface area contributed by atoms with E-state index in [-0.39, 0.29) is 11.5 Å². The van der Waals surface area contributed by atoms with Crippen molar-refractivity contribution in [1.29, 1.82) is 0 Å². The molecule has 0 radical (unpaired) electrons. The predicted molar refractivity (Wildman–Crippen MR) is 55.2 cm³/mol. The van der Waals surface area contributed by atoms with Crippen LogP contribution in [0.3, 0.4) is 0 Å². The second kappa shape index (κ2) is 3.88. The molecule has 2 aromatic rings. The molecule has 0 unspecified atom stereocenters. The summed E-state index contributed by atoms with van der Waals surface area (Å²) in [6, 6.07) is 2.44. The van der Waals surface area contributed by atoms with Crippen LogP contribution in [0.5, 0.6) is 0 Å². The maximum atomic E-state index is 12.5. The number of nitrogens with two attached hydrogens (primary N) is 1. The summed E-state index contributed by atoms with van der Waals surface area (Å²) in [6.45, 7) is 1.85. The fourth-order valence-electron chi connectivity index (χ4n) is 1.45. The number of aromatic nitrogens is 3. The Hall–Kier alpha value is -1.83. The van der Waals surface area contributed by atoms with Crippen LogP contribution in [0.1, 0.15) is 18.3 Å². The molecule has 3 N–H and O–H groups in total. The summed E-state index contributed by atoms with van der Waals surface area (Å²) in [4.78, 5) is 4.04. The molecule has 92 valence electrons. The quantitative estimate of drug-likeness (QED) is 0.622. The van der Waals surface area contributed by atoms with Crippen molar-refractivity contribution >= 4 is 11.5 Å². The van der Waals surface area contributed by atoms with E-state index in [0.29, 0.717) is 12.1 Å². The van der Waals surface area contributed by atoms with Crippen LogP contribution in [0.4, 0.5) is 19.0 Å². The molecule has 0 spiro atoms. The van der Waals surface area contributed by atoms with Gasteiger partial charge < -0.3 is 5.43 Å². The molecular formula is C9H10F3N5. The number of fused-ring (bicyclic) bond motifs is 1. The smallest absolute Gasteiger partial charge is 0.308 e. The van der Waals surface area contributed by atoms with Gasteiger partial charge in [-0.1, -0.05) is 6.92 Å². The average Bonchev–Trinajstić information content (AvgIpc) is 2.70. The van der Waals surface area contributed by atoms with E-state index in [1.807, 2.05) is 6.92 Å². The number of rotatable bonds is 2. The molecule has 0 fully saturated rings. The Bertz CT molecular complexity index is 545. The first kappa shape index (κ1) is 11.6. The lowest BCUT2D eigenvalue weighted by Crippen LogP contribution is -2.13. The Morgan fingerprint density at radius 2 is 2.12 bits per heavy atom. The third-order valence-electron chi connectivity index (χ3n) is 2.28. The molecule has 0 aromatic carbocycles. The SMILES string of the molecule is CCc1cc(NN)n2nc(C(F)(F)F)cc2n1. The monoisotopic (exact) mass is 245 g/mol. The van der Waals surface area contributed by atoms with Gasteiger partial charge in [0, 0.05) is 17.8 Å². The van der Waals surface area contributed by atoms with Crippen LogP contribution < -0.4 is 11.3 Å². The van der Waals surface area contributed by atoms with Crippen LogP contribution >= 0.6 is 0 Å². The van der Waals surface area contributed by atoms with E-state index in [1.54, 1.807) is 6.07 Å². The molecule has 8 heteroatoms. The number of hydrogen-bond donors (Lipinski definition) is 2. The van der Waals surface area contributed by atoms with E-state index in [2.05, 4.69) is 15.5 Å². The summed E-state index contributed by atoms with van der Waals surface area (Å²) >= 11 is 0. The molecule has 0 saturated carbocycles. The van der Waals surface area contributed by atoms with E-state index >= 15 is 0 Å². The van der Waals surface area contributed by atoms with Crippen molar-refractivity contribution in [2.45, 2.75) is 19.5 Å². The topological polar surface area (TPSA) is 68.2 Å². The van der Waals surface area contributed by atoms with Crippen LogP contribution in [-0.2, 0) is 12.6 Å². The summed E-state index contributed by atoms with van der Waals surface area (Å²) in [5.74, 6) is 5.50. The Kier molecular flexibility index (Phi) is 2.66. The molecule has 0 aliphatic heterocycles. The zero-order chi connectivity index (χ0) is 12.6. The third-order valence-corrected chi connectivity index (χ3v) is 2.28. The second-order valence-corrected chi connectivity index (χ2v) is 3.43. The largest absolute Gasteiger partial charge is 0.435 e. The lowest BCUT2D eigenvalue weighted by molar-refractivity contribution is -0.141. The van der Waals surface area contributed by atoms with Gasteiger partial charge in [-0.3, -0.25) is 0 Å². The first-order valence-corrected chi connectivity index (χ1v) is 4.89. The molecule has 0 atom stereocenters. The number of aryl methyl sites for hydroxylation is 1. The molecule has 2 aromatic heterocycles. The number of nitrogen functional groups attached to an aromatic ring is 1. The summed E-state index contributed by atoms with van der Waals surface area (Å²) < 4.78 is 38.5. The molecule has 0 amide bonds. The van der Waals surface area contributed by atoms with E-state index < -0.39 is 11.9 Å². The van der Waals surface area contributed by atoms with Gasteiger partial charge in [-0.2, -0.15) is 22.8 Å². The summed E-state index contributed by atoms with van der Waals surface area (Å²) in [7, 11) is 0. The highest BCUT2D eigenvalue weighted by Gasteiger charge is 2.34. The number of anilines is 1. The Balaban J connectivity index is 2.67. The molecule has 5 nitrogen and oxygen atoms in total. The van der Waals surface area contributed by atoms with Crippen molar-refractivity contribution in [3.63, 3.8) is 0 Å². The van der Waals surface area contributed by atoms with Gasteiger partial charge in [-0.25, -0.2) is 10.8 Å². The van der Waals surface area contributed by atoms with Crippen LogP contribution in [0.25, 0.3) is 5.65 Å². The number of nitrogens with zero attached hydrogens (tertiary/aromatic N) is 3. The number of hydrazine groups is 1. The van der Waals surface area contributed by atoms with Crippen molar-refractivity contribution < 1.29 is 13.2 Å². The third kappa shape index (κ3) is 2.03. The lowest BCUT2D eigenvalue weighted by Gasteiger charge is -2.05. The Labute approximate surface area is 94.4 Å². The molecule has 17 heavy (non-hydrogen) atoms. The molecular weight excluding hydrogens is 235 g/mol. The van der Waals surface area contributed by atoms with Crippen LogP contribution in [0, 0.1) is 0 Å². The van der Waals surface area contributed by atoms with Gasteiger partial charge in [0.05, 0.1) is 0 Å². The Morgan fingerprint density at radius 3 is 2.65 bits per heavy atom. The van der Waals surface area contributed by atoms with Crippen molar-refractivity contribution in [3.05, 3.63) is 23.5 Å². The van der Waals surface area contributed by atoms with Crippen molar-refractivity contribution in [3.8, 4) is 0 Å². The summed E-state index contributed by atoms with van der Waals surface area (Å²) in [5, 5.41) is 3.42. The number of alkyl halides is 3. The van der Waals surface area contributed by atoms with Gasteiger partial charge in [-0.15, -0.1) is 0 Å². The molecule has 0 aliphatic rings. The van der Waals surface area contributed by atoms with Gasteiger partial charge in [0.2, 0.25) is 0 Å². The standard InChI is InChI=1S/C9H10F3N5/c1-2-5-3-8(15-13)17-7(14-5)4-6(16-17)9(10,11)12/h3-4,15H,2,13H2,1H3.